The molecule has 0 bridgehead atoms. The van der Waals surface area contributed by atoms with E-state index in [0.29, 0.717) is 17.1 Å². The summed E-state index contributed by atoms with van der Waals surface area (Å²) in [6.45, 7) is 2.00. The topological polar surface area (TPSA) is 72.9 Å². The average molecular weight is 244 g/mol. The Kier molecular flexibility index (Phi) is 3.32. The molecule has 5 nitrogen and oxygen atoms in total. The number of benzene rings is 1. The Morgan fingerprint density at radius 3 is 2.78 bits per heavy atom. The van der Waals surface area contributed by atoms with Gasteiger partial charge in [0.2, 0.25) is 0 Å². The highest BCUT2D eigenvalue weighted by Crippen LogP contribution is 2.17. The minimum Gasteiger partial charge on any atom is -0.397 e. The molecule has 18 heavy (non-hydrogen) atoms. The van der Waals surface area contributed by atoms with Crippen LogP contribution in [0.3, 0.4) is 0 Å². The minimum absolute atomic E-state index is 0.247. The van der Waals surface area contributed by atoms with Crippen LogP contribution in [0, 0.1) is 0 Å². The normalized spacial score (nSPS) is 10.3. The van der Waals surface area contributed by atoms with Gasteiger partial charge in [-0.15, -0.1) is 0 Å². The summed E-state index contributed by atoms with van der Waals surface area (Å²) in [7, 11) is 1.87. The molecule has 5 heteroatoms. The predicted molar refractivity (Wildman–Crippen MR) is 71.4 cm³/mol. The summed E-state index contributed by atoms with van der Waals surface area (Å²) in [5.41, 5.74) is 7.31. The predicted octanol–water partition coefficient (Wildman–Crippen LogP) is 1.82. The van der Waals surface area contributed by atoms with Gasteiger partial charge < -0.3 is 15.6 Å². The quantitative estimate of drug-likeness (QED) is 0.809. The van der Waals surface area contributed by atoms with E-state index < -0.39 is 0 Å². The van der Waals surface area contributed by atoms with Gasteiger partial charge in [0.25, 0.3) is 5.91 Å². The highest BCUT2D eigenvalue weighted by Gasteiger charge is 2.12. The second-order valence-corrected chi connectivity index (χ2v) is 4.05. The molecule has 0 saturated heterocycles. The number of nitrogen functional groups attached to an aromatic ring is 1. The van der Waals surface area contributed by atoms with Crippen molar-refractivity contribution in [3.8, 4) is 0 Å². The number of nitrogens with one attached hydrogen (secondary N) is 1. The summed E-state index contributed by atoms with van der Waals surface area (Å²) in [5, 5.41) is 2.75. The van der Waals surface area contributed by atoms with Gasteiger partial charge in [-0.3, -0.25) is 4.79 Å². The van der Waals surface area contributed by atoms with Crippen LogP contribution in [0.4, 0.5) is 11.4 Å². The summed E-state index contributed by atoms with van der Waals surface area (Å²) in [6.07, 6.45) is 2.50. The Labute approximate surface area is 106 Å². The van der Waals surface area contributed by atoms with Crippen LogP contribution in [0.2, 0.25) is 0 Å². The van der Waals surface area contributed by atoms with Gasteiger partial charge in [-0.1, -0.05) is 19.1 Å². The molecule has 0 saturated carbocycles. The van der Waals surface area contributed by atoms with Crippen LogP contribution in [0.5, 0.6) is 0 Å². The molecule has 94 valence electrons. The minimum atomic E-state index is -0.247. The van der Waals surface area contributed by atoms with Crippen molar-refractivity contribution in [1.29, 1.82) is 0 Å². The first-order valence-corrected chi connectivity index (χ1v) is 5.80. The maximum Gasteiger partial charge on any atom is 0.275 e. The van der Waals surface area contributed by atoms with Gasteiger partial charge in [-0.2, -0.15) is 0 Å². The van der Waals surface area contributed by atoms with Crippen molar-refractivity contribution in [1.82, 2.24) is 9.55 Å². The Morgan fingerprint density at radius 1 is 1.44 bits per heavy atom. The smallest absolute Gasteiger partial charge is 0.275 e. The molecule has 0 spiro atoms. The number of imidazole rings is 1. The third kappa shape index (κ3) is 2.34. The van der Waals surface area contributed by atoms with Crippen molar-refractivity contribution in [2.75, 3.05) is 11.1 Å². The molecular weight excluding hydrogens is 228 g/mol. The lowest BCUT2D eigenvalue weighted by molar-refractivity contribution is 0.102. The molecule has 0 unspecified atom stereocenters. The summed E-state index contributed by atoms with van der Waals surface area (Å²) >= 11 is 0. The van der Waals surface area contributed by atoms with Crippen molar-refractivity contribution >= 4 is 17.3 Å². The van der Waals surface area contributed by atoms with E-state index in [1.807, 2.05) is 30.7 Å². The average Bonchev–Trinajstić information content (AvgIpc) is 2.73. The van der Waals surface area contributed by atoms with Crippen LogP contribution >= 0.6 is 0 Å². The lowest BCUT2D eigenvalue weighted by Crippen LogP contribution is -2.13. The first kappa shape index (κ1) is 12.2. The van der Waals surface area contributed by atoms with Crippen LogP contribution < -0.4 is 11.1 Å². The third-order valence-corrected chi connectivity index (χ3v) is 2.73. The molecule has 0 atom stereocenters. The van der Waals surface area contributed by atoms with Gasteiger partial charge >= 0.3 is 0 Å². The first-order chi connectivity index (χ1) is 8.61. The maximum atomic E-state index is 12.0. The van der Waals surface area contributed by atoms with E-state index in [9.17, 15) is 4.79 Å². The Hall–Kier alpha value is -2.30. The van der Waals surface area contributed by atoms with Crippen molar-refractivity contribution in [2.24, 2.45) is 7.05 Å². The van der Waals surface area contributed by atoms with E-state index in [4.69, 9.17) is 5.73 Å². The summed E-state index contributed by atoms with van der Waals surface area (Å²) in [4.78, 5) is 16.3. The number of aryl methyl sites for hydroxylation is 2. The fraction of sp³-hybridized carbons (Fsp3) is 0.231. The molecule has 1 aromatic heterocycles. The molecule has 0 aliphatic rings. The van der Waals surface area contributed by atoms with Gasteiger partial charge in [0.15, 0.2) is 0 Å². The van der Waals surface area contributed by atoms with Gasteiger partial charge in [-0.05, 0) is 12.1 Å². The number of aromatic nitrogens is 2. The number of hydrogen-bond acceptors (Lipinski definition) is 3. The van der Waals surface area contributed by atoms with Gasteiger partial charge in [0.05, 0.1) is 11.4 Å². The number of hydrogen-bond donors (Lipinski definition) is 2. The number of amides is 1. The molecule has 3 N–H and O–H groups in total. The highest BCUT2D eigenvalue weighted by molar-refractivity contribution is 6.04. The SMILES string of the molecule is CCc1nc(C(=O)Nc2ccccc2N)cn1C. The third-order valence-electron chi connectivity index (χ3n) is 2.73. The fourth-order valence-electron chi connectivity index (χ4n) is 1.74. The molecule has 2 aromatic rings. The number of nitrogens with two attached hydrogens (primary N) is 1. The second-order valence-electron chi connectivity index (χ2n) is 4.05. The van der Waals surface area contributed by atoms with Crippen LogP contribution in [-0.4, -0.2) is 15.5 Å². The van der Waals surface area contributed by atoms with E-state index in [0.717, 1.165) is 12.2 Å². The number of nitrogens with zero attached hydrogens (tertiary/aromatic N) is 2. The van der Waals surface area contributed by atoms with Crippen molar-refractivity contribution in [3.63, 3.8) is 0 Å². The Bertz CT molecular complexity index is 574. The molecule has 1 amide bonds. The standard InChI is InChI=1S/C13H16N4O/c1-3-12-15-11(8-17(12)2)13(18)16-10-7-5-4-6-9(10)14/h4-8H,3,14H2,1-2H3,(H,16,18). The van der Waals surface area contributed by atoms with Crippen molar-refractivity contribution in [3.05, 3.63) is 42.0 Å². The number of rotatable bonds is 3. The molecule has 0 aliphatic heterocycles. The largest absolute Gasteiger partial charge is 0.397 e. The van der Waals surface area contributed by atoms with E-state index >= 15 is 0 Å². The number of carbonyl (C=O) groups is 1. The van der Waals surface area contributed by atoms with Gasteiger partial charge in [0.1, 0.15) is 11.5 Å². The number of para-hydroxylation sites is 2. The van der Waals surface area contributed by atoms with Crippen LogP contribution in [-0.2, 0) is 13.5 Å². The number of anilines is 2. The monoisotopic (exact) mass is 244 g/mol. The zero-order chi connectivity index (χ0) is 13.1. The van der Waals surface area contributed by atoms with Gasteiger partial charge in [0, 0.05) is 19.7 Å². The molecule has 1 aromatic carbocycles. The molecule has 1 heterocycles. The fourth-order valence-corrected chi connectivity index (χ4v) is 1.74. The lowest BCUT2D eigenvalue weighted by atomic mass is 10.2. The second kappa shape index (κ2) is 4.91. The van der Waals surface area contributed by atoms with E-state index in [2.05, 4.69) is 10.3 Å². The first-order valence-electron chi connectivity index (χ1n) is 5.80. The van der Waals surface area contributed by atoms with E-state index in [1.54, 1.807) is 18.3 Å². The molecular formula is C13H16N4O. The van der Waals surface area contributed by atoms with Crippen LogP contribution in [0.25, 0.3) is 0 Å². The summed E-state index contributed by atoms with van der Waals surface area (Å²) < 4.78 is 1.85. The van der Waals surface area contributed by atoms with Gasteiger partial charge in [-0.25, -0.2) is 4.98 Å². The van der Waals surface area contributed by atoms with Crippen molar-refractivity contribution < 1.29 is 4.79 Å². The molecule has 2 rings (SSSR count). The lowest BCUT2D eigenvalue weighted by Gasteiger charge is -2.05. The Balaban J connectivity index is 2.19. The highest BCUT2D eigenvalue weighted by atomic mass is 16.1. The summed E-state index contributed by atoms with van der Waals surface area (Å²) in [5.74, 6) is 0.629. The zero-order valence-electron chi connectivity index (χ0n) is 10.5. The van der Waals surface area contributed by atoms with E-state index in [1.165, 1.54) is 0 Å². The number of carbonyl (C=O) groups excluding carboxylic acids is 1. The van der Waals surface area contributed by atoms with Crippen LogP contribution in [0.1, 0.15) is 23.2 Å². The zero-order valence-corrected chi connectivity index (χ0v) is 10.5. The molecule has 0 radical (unpaired) electrons. The van der Waals surface area contributed by atoms with E-state index in [-0.39, 0.29) is 5.91 Å². The molecule has 0 fully saturated rings. The van der Waals surface area contributed by atoms with Crippen LogP contribution in [0.15, 0.2) is 30.5 Å². The molecule has 0 aliphatic carbocycles. The Morgan fingerprint density at radius 2 is 2.17 bits per heavy atom. The summed E-state index contributed by atoms with van der Waals surface area (Å²) in [6, 6.07) is 7.14. The van der Waals surface area contributed by atoms with Crippen molar-refractivity contribution in [2.45, 2.75) is 13.3 Å². The maximum absolute atomic E-state index is 12.0.